The van der Waals surface area contributed by atoms with Crippen molar-refractivity contribution < 1.29 is 0 Å². The van der Waals surface area contributed by atoms with Crippen LogP contribution >= 0.6 is 0 Å². The molecule has 4 aliphatic rings. The predicted molar refractivity (Wildman–Crippen MR) is 99.2 cm³/mol. The fourth-order valence-corrected chi connectivity index (χ4v) is 5.74. The second-order valence-electron chi connectivity index (χ2n) is 8.77. The minimum absolute atomic E-state index is 0.723. The van der Waals surface area contributed by atoms with Gasteiger partial charge in [0.05, 0.1) is 0 Å². The van der Waals surface area contributed by atoms with Crippen molar-refractivity contribution in [2.24, 2.45) is 11.8 Å². The molecule has 1 atom stereocenters. The lowest BCUT2D eigenvalue weighted by atomic mass is 9.68. The molecular weight excluding hydrogens is 292 g/mol. The Hall–Kier alpha value is -0.860. The maximum Gasteiger partial charge on any atom is 0.0354 e. The van der Waals surface area contributed by atoms with Gasteiger partial charge in [-0.2, -0.15) is 0 Å². The topological polar surface area (TPSA) is 15.3 Å². The number of piperidine rings is 1. The van der Waals surface area contributed by atoms with E-state index in [9.17, 15) is 0 Å². The van der Waals surface area contributed by atoms with Crippen LogP contribution in [-0.4, -0.2) is 30.6 Å². The summed E-state index contributed by atoms with van der Waals surface area (Å²) >= 11 is 0. The Kier molecular flexibility index (Phi) is 4.14. The van der Waals surface area contributed by atoms with Crippen molar-refractivity contribution in [3.05, 3.63) is 35.4 Å². The fourth-order valence-electron chi connectivity index (χ4n) is 5.74. The van der Waals surface area contributed by atoms with Crippen LogP contribution in [0.4, 0.5) is 0 Å². The van der Waals surface area contributed by atoms with Crippen LogP contribution in [0.1, 0.15) is 74.5 Å². The average Bonchev–Trinajstić information content (AvgIpc) is 3.33. The highest BCUT2D eigenvalue weighted by atomic mass is 15.2. The molecule has 4 fully saturated rings. The summed E-state index contributed by atoms with van der Waals surface area (Å²) in [5.41, 5.74) is 3.37. The van der Waals surface area contributed by atoms with Gasteiger partial charge < -0.3 is 5.32 Å². The van der Waals surface area contributed by atoms with E-state index in [0.29, 0.717) is 0 Å². The standard InChI is InChI=1S/C22H32N2/c1-2-5-21(20(4-1)17-7-8-17)22-6-3-13-24(22)19-14-18(15-19)16-9-11-23-12-10-16/h1-2,4-5,16-19,22-23H,3,6-15H2/t18?,19?,22-/m0/s1. The molecule has 1 aromatic carbocycles. The van der Waals surface area contributed by atoms with Gasteiger partial charge in [0, 0.05) is 12.1 Å². The van der Waals surface area contributed by atoms with E-state index in [4.69, 9.17) is 0 Å². The average molecular weight is 325 g/mol. The summed E-state index contributed by atoms with van der Waals surface area (Å²) in [6.07, 6.45) is 11.4. The Morgan fingerprint density at radius 2 is 1.58 bits per heavy atom. The molecule has 0 spiro atoms. The molecule has 2 nitrogen and oxygen atoms in total. The number of hydrogen-bond acceptors (Lipinski definition) is 2. The SMILES string of the molecule is c1ccc([C@@H]2CCCN2C2CC(C3CCNCC3)C2)c(C2CC2)c1. The van der Waals surface area contributed by atoms with Crippen molar-refractivity contribution in [2.75, 3.05) is 19.6 Å². The van der Waals surface area contributed by atoms with Gasteiger partial charge in [0.15, 0.2) is 0 Å². The molecule has 2 saturated carbocycles. The van der Waals surface area contributed by atoms with Gasteiger partial charge in [-0.3, -0.25) is 4.90 Å². The van der Waals surface area contributed by atoms with E-state index >= 15 is 0 Å². The minimum Gasteiger partial charge on any atom is -0.317 e. The largest absolute Gasteiger partial charge is 0.317 e. The van der Waals surface area contributed by atoms with Crippen LogP contribution in [0.3, 0.4) is 0 Å². The molecule has 24 heavy (non-hydrogen) atoms. The van der Waals surface area contributed by atoms with Crippen LogP contribution in [0.2, 0.25) is 0 Å². The highest BCUT2D eigenvalue weighted by molar-refractivity contribution is 5.36. The zero-order valence-corrected chi connectivity index (χ0v) is 14.9. The van der Waals surface area contributed by atoms with Crippen LogP contribution in [0.5, 0.6) is 0 Å². The van der Waals surface area contributed by atoms with E-state index in [2.05, 4.69) is 34.5 Å². The van der Waals surface area contributed by atoms with Gasteiger partial charge in [-0.05, 0) is 99.9 Å². The van der Waals surface area contributed by atoms with Gasteiger partial charge in [0.2, 0.25) is 0 Å². The van der Waals surface area contributed by atoms with E-state index < -0.39 is 0 Å². The number of nitrogens with one attached hydrogen (secondary N) is 1. The Labute approximate surface area is 147 Å². The minimum atomic E-state index is 0.723. The summed E-state index contributed by atoms with van der Waals surface area (Å²) in [7, 11) is 0. The highest BCUT2D eigenvalue weighted by Gasteiger charge is 2.43. The fraction of sp³-hybridized carbons (Fsp3) is 0.727. The first-order valence-electron chi connectivity index (χ1n) is 10.5. The third-order valence-corrected chi connectivity index (χ3v) is 7.34. The molecule has 2 heteroatoms. The highest BCUT2D eigenvalue weighted by Crippen LogP contribution is 2.49. The van der Waals surface area contributed by atoms with E-state index in [1.54, 1.807) is 11.1 Å². The van der Waals surface area contributed by atoms with Crippen LogP contribution in [0.25, 0.3) is 0 Å². The molecule has 0 amide bonds. The molecular formula is C22H32N2. The lowest BCUT2D eigenvalue weighted by Gasteiger charge is -2.48. The van der Waals surface area contributed by atoms with Crippen molar-refractivity contribution in [2.45, 2.75) is 69.4 Å². The Morgan fingerprint density at radius 1 is 0.833 bits per heavy atom. The molecule has 0 aromatic heterocycles. The second-order valence-corrected chi connectivity index (χ2v) is 8.77. The van der Waals surface area contributed by atoms with Crippen molar-refractivity contribution in [3.8, 4) is 0 Å². The van der Waals surface area contributed by atoms with Gasteiger partial charge in [-0.25, -0.2) is 0 Å². The summed E-state index contributed by atoms with van der Waals surface area (Å²) in [5.74, 6) is 2.92. The second kappa shape index (κ2) is 6.46. The first-order valence-corrected chi connectivity index (χ1v) is 10.5. The number of hydrogen-bond donors (Lipinski definition) is 1. The van der Waals surface area contributed by atoms with Crippen molar-refractivity contribution in [1.29, 1.82) is 0 Å². The van der Waals surface area contributed by atoms with Gasteiger partial charge >= 0.3 is 0 Å². The number of likely N-dealkylation sites (tertiary alicyclic amines) is 1. The molecule has 2 heterocycles. The van der Waals surface area contributed by atoms with Crippen LogP contribution in [0, 0.1) is 11.8 Å². The Bertz CT molecular complexity index is 567. The monoisotopic (exact) mass is 324 g/mol. The Morgan fingerprint density at radius 3 is 2.33 bits per heavy atom. The summed E-state index contributed by atoms with van der Waals surface area (Å²) < 4.78 is 0. The first-order chi connectivity index (χ1) is 11.9. The third-order valence-electron chi connectivity index (χ3n) is 7.34. The molecule has 2 aliphatic carbocycles. The Balaban J connectivity index is 1.27. The molecule has 0 bridgehead atoms. The van der Waals surface area contributed by atoms with E-state index in [0.717, 1.165) is 29.8 Å². The smallest absolute Gasteiger partial charge is 0.0354 e. The molecule has 5 rings (SSSR count). The number of nitrogens with zero attached hydrogens (tertiary/aromatic N) is 1. The van der Waals surface area contributed by atoms with Crippen LogP contribution in [-0.2, 0) is 0 Å². The lowest BCUT2D eigenvalue weighted by Crippen LogP contribution is -2.48. The van der Waals surface area contributed by atoms with Crippen molar-refractivity contribution >= 4 is 0 Å². The van der Waals surface area contributed by atoms with Gasteiger partial charge in [0.1, 0.15) is 0 Å². The summed E-state index contributed by atoms with van der Waals surface area (Å²) in [5, 5.41) is 3.52. The van der Waals surface area contributed by atoms with Crippen LogP contribution < -0.4 is 5.32 Å². The van der Waals surface area contributed by atoms with E-state index in [1.165, 1.54) is 71.0 Å². The molecule has 2 aliphatic heterocycles. The maximum absolute atomic E-state index is 3.52. The van der Waals surface area contributed by atoms with Gasteiger partial charge in [-0.15, -0.1) is 0 Å². The maximum atomic E-state index is 3.52. The zero-order valence-electron chi connectivity index (χ0n) is 14.9. The van der Waals surface area contributed by atoms with Gasteiger partial charge in [-0.1, -0.05) is 24.3 Å². The third kappa shape index (κ3) is 2.82. The molecule has 0 unspecified atom stereocenters. The quantitative estimate of drug-likeness (QED) is 0.878. The van der Waals surface area contributed by atoms with E-state index in [-0.39, 0.29) is 0 Å². The summed E-state index contributed by atoms with van der Waals surface area (Å²) in [6.45, 7) is 3.85. The summed E-state index contributed by atoms with van der Waals surface area (Å²) in [4.78, 5) is 2.90. The molecule has 2 saturated heterocycles. The van der Waals surface area contributed by atoms with Crippen molar-refractivity contribution in [1.82, 2.24) is 10.2 Å². The first kappa shape index (κ1) is 15.4. The van der Waals surface area contributed by atoms with Crippen molar-refractivity contribution in [3.63, 3.8) is 0 Å². The number of benzene rings is 1. The molecule has 1 aromatic rings. The molecule has 130 valence electrons. The summed E-state index contributed by atoms with van der Waals surface area (Å²) in [6, 6.07) is 11.0. The van der Waals surface area contributed by atoms with Crippen LogP contribution in [0.15, 0.2) is 24.3 Å². The zero-order chi connectivity index (χ0) is 15.9. The number of rotatable bonds is 4. The molecule has 0 radical (unpaired) electrons. The predicted octanol–water partition coefficient (Wildman–Crippen LogP) is 4.48. The molecule has 1 N–H and O–H groups in total. The lowest BCUT2D eigenvalue weighted by molar-refractivity contribution is 0.0299. The normalized spacial score (nSPS) is 35.1. The van der Waals surface area contributed by atoms with Gasteiger partial charge in [0.25, 0.3) is 0 Å². The van der Waals surface area contributed by atoms with E-state index in [1.807, 2.05) is 0 Å².